The smallest absolute Gasteiger partial charge is 0.411 e. The number of rotatable bonds is 4. The lowest BCUT2D eigenvalue weighted by atomic mass is 10.3. The second-order valence-electron chi connectivity index (χ2n) is 4.06. The fraction of sp³-hybridized carbons (Fsp3) is 0.333. The first-order valence-corrected chi connectivity index (χ1v) is 7.28. The normalized spacial score (nSPS) is 12.4. The number of carbonyl (C=O) groups is 2. The Hall–Kier alpha value is -0.880. The van der Waals surface area contributed by atoms with Crippen molar-refractivity contribution in [2.45, 2.75) is 16.8 Å². The topological polar surface area (TPSA) is 67.4 Å². The molecule has 0 bridgehead atoms. The summed E-state index contributed by atoms with van der Waals surface area (Å²) in [6, 6.07) is 6.58. The minimum absolute atomic E-state index is 0.00963. The molecule has 0 aliphatic rings. The number of hydrogen-bond donors (Lipinski definition) is 2. The monoisotopic (exact) mass is 372 g/mol. The van der Waals surface area contributed by atoms with Gasteiger partial charge in [-0.1, -0.05) is 52.5 Å². The van der Waals surface area contributed by atoms with E-state index < -0.39 is 21.9 Å². The molecule has 1 aromatic carbocycles. The van der Waals surface area contributed by atoms with Gasteiger partial charge < -0.3 is 10.1 Å². The van der Waals surface area contributed by atoms with Gasteiger partial charge in [-0.15, -0.1) is 0 Å². The van der Waals surface area contributed by atoms with E-state index in [1.54, 1.807) is 31.2 Å². The average molecular weight is 374 g/mol. The molecule has 0 saturated heterocycles. The summed E-state index contributed by atoms with van der Waals surface area (Å²) < 4.78 is 2.97. The molecule has 2 N–H and O–H groups in total. The number of alkyl halides is 3. The predicted molar refractivity (Wildman–Crippen MR) is 84.3 cm³/mol. The summed E-state index contributed by atoms with van der Waals surface area (Å²) in [5.41, 5.74) is 0.491. The Bertz CT molecular complexity index is 519. The Morgan fingerprint density at radius 3 is 2.57 bits per heavy atom. The molecule has 116 valence electrons. The zero-order valence-corrected chi connectivity index (χ0v) is 13.9. The Kier molecular flexibility index (Phi) is 6.87. The summed E-state index contributed by atoms with van der Waals surface area (Å²) in [7, 11) is 0. The van der Waals surface area contributed by atoms with E-state index in [0.717, 1.165) is 0 Å². The van der Waals surface area contributed by atoms with Crippen LogP contribution in [0.5, 0.6) is 0 Å². The van der Waals surface area contributed by atoms with E-state index in [4.69, 9.17) is 51.1 Å². The largest absolute Gasteiger partial charge is 0.444 e. The third-order valence-electron chi connectivity index (χ3n) is 2.19. The molecule has 0 saturated carbocycles. The zero-order valence-electron chi connectivity index (χ0n) is 10.8. The molecule has 2 amide bonds. The number of hydrogen-bond acceptors (Lipinski definition) is 3. The average Bonchev–Trinajstić information content (AvgIpc) is 2.34. The lowest BCUT2D eigenvalue weighted by Gasteiger charge is -2.16. The number of amides is 2. The van der Waals surface area contributed by atoms with Crippen LogP contribution >= 0.6 is 46.4 Å². The highest BCUT2D eigenvalue weighted by atomic mass is 35.6. The van der Waals surface area contributed by atoms with Crippen molar-refractivity contribution in [2.75, 3.05) is 11.9 Å². The maximum atomic E-state index is 11.6. The van der Waals surface area contributed by atoms with E-state index >= 15 is 0 Å². The van der Waals surface area contributed by atoms with E-state index in [-0.39, 0.29) is 6.54 Å². The second-order valence-corrected chi connectivity index (χ2v) is 6.78. The van der Waals surface area contributed by atoms with Crippen LogP contribution in [0, 0.1) is 0 Å². The van der Waals surface area contributed by atoms with Gasteiger partial charge in [0, 0.05) is 10.7 Å². The van der Waals surface area contributed by atoms with Crippen molar-refractivity contribution >= 4 is 64.1 Å². The third kappa shape index (κ3) is 7.09. The van der Waals surface area contributed by atoms with Crippen LogP contribution in [0.3, 0.4) is 0 Å². The Balaban J connectivity index is 2.39. The Morgan fingerprint density at radius 2 is 2.00 bits per heavy atom. The molecule has 0 aliphatic heterocycles. The molecule has 1 rings (SSSR count). The van der Waals surface area contributed by atoms with Crippen LogP contribution in [0.1, 0.15) is 6.92 Å². The molecule has 0 radical (unpaired) electrons. The fourth-order valence-electron chi connectivity index (χ4n) is 1.27. The maximum absolute atomic E-state index is 11.6. The quantitative estimate of drug-likeness (QED) is 0.789. The molecule has 0 fully saturated rings. The van der Waals surface area contributed by atoms with Crippen molar-refractivity contribution in [3.05, 3.63) is 29.3 Å². The van der Waals surface area contributed by atoms with Crippen LogP contribution < -0.4 is 10.6 Å². The fourth-order valence-corrected chi connectivity index (χ4v) is 1.67. The number of carbonyl (C=O) groups excluding carboxylic acids is 2. The van der Waals surface area contributed by atoms with Crippen molar-refractivity contribution in [3.8, 4) is 0 Å². The van der Waals surface area contributed by atoms with E-state index in [1.807, 2.05) is 0 Å². The van der Waals surface area contributed by atoms with E-state index in [0.29, 0.717) is 10.7 Å². The minimum atomic E-state index is -2.05. The van der Waals surface area contributed by atoms with Crippen LogP contribution in [0.2, 0.25) is 5.02 Å². The van der Waals surface area contributed by atoms with Gasteiger partial charge >= 0.3 is 6.09 Å². The first-order valence-electron chi connectivity index (χ1n) is 5.76. The summed E-state index contributed by atoms with van der Waals surface area (Å²) in [6.07, 6.45) is -1.30. The summed E-state index contributed by atoms with van der Waals surface area (Å²) in [6.45, 7) is 1.59. The second kappa shape index (κ2) is 7.94. The molecule has 0 spiro atoms. The summed E-state index contributed by atoms with van der Waals surface area (Å²) in [5.74, 6) is -0.793. The Labute approximate surface area is 141 Å². The van der Waals surface area contributed by atoms with E-state index in [1.165, 1.54) is 0 Å². The molecule has 1 aromatic rings. The van der Waals surface area contributed by atoms with Crippen LogP contribution in [0.4, 0.5) is 10.5 Å². The first kappa shape index (κ1) is 18.2. The molecule has 9 heteroatoms. The van der Waals surface area contributed by atoms with Gasteiger partial charge in [0.25, 0.3) is 9.70 Å². The summed E-state index contributed by atoms with van der Waals surface area (Å²) in [5, 5.41) is 5.32. The molecule has 5 nitrogen and oxygen atoms in total. The number of ether oxygens (including phenoxy) is 1. The van der Waals surface area contributed by atoms with Gasteiger partial charge in [0.1, 0.15) is 6.10 Å². The zero-order chi connectivity index (χ0) is 16.0. The van der Waals surface area contributed by atoms with Gasteiger partial charge in [-0.3, -0.25) is 10.1 Å². The minimum Gasteiger partial charge on any atom is -0.444 e. The van der Waals surface area contributed by atoms with Crippen molar-refractivity contribution in [3.63, 3.8) is 0 Å². The highest BCUT2D eigenvalue weighted by molar-refractivity contribution is 6.76. The van der Waals surface area contributed by atoms with Gasteiger partial charge in [-0.05, 0) is 25.1 Å². The molecule has 21 heavy (non-hydrogen) atoms. The first-order chi connectivity index (χ1) is 9.68. The number of nitrogens with one attached hydrogen (secondary N) is 2. The molecule has 1 atom stereocenters. The van der Waals surface area contributed by atoms with Crippen LogP contribution in [0.25, 0.3) is 0 Å². The van der Waals surface area contributed by atoms with Gasteiger partial charge in [0.05, 0.1) is 6.54 Å². The molecular weight excluding hydrogens is 362 g/mol. The molecule has 0 unspecified atom stereocenters. The molecule has 0 heterocycles. The lowest BCUT2D eigenvalue weighted by molar-refractivity contribution is -0.120. The number of anilines is 1. The van der Waals surface area contributed by atoms with Crippen molar-refractivity contribution in [1.82, 2.24) is 5.32 Å². The number of halogens is 4. The SMILES string of the molecule is C[C@@H](CNC(=O)C(Cl)(Cl)Cl)OC(=O)Nc1cccc(Cl)c1. The maximum Gasteiger partial charge on any atom is 0.411 e. The molecule has 0 aromatic heterocycles. The Morgan fingerprint density at radius 1 is 1.33 bits per heavy atom. The van der Waals surface area contributed by atoms with Crippen molar-refractivity contribution in [2.24, 2.45) is 0 Å². The van der Waals surface area contributed by atoms with Crippen LogP contribution in [-0.2, 0) is 9.53 Å². The van der Waals surface area contributed by atoms with Crippen molar-refractivity contribution < 1.29 is 14.3 Å². The van der Waals surface area contributed by atoms with E-state index in [9.17, 15) is 9.59 Å². The van der Waals surface area contributed by atoms with Crippen LogP contribution in [0.15, 0.2) is 24.3 Å². The number of benzene rings is 1. The van der Waals surface area contributed by atoms with E-state index in [2.05, 4.69) is 10.6 Å². The highest BCUT2D eigenvalue weighted by Gasteiger charge is 2.30. The third-order valence-corrected chi connectivity index (χ3v) is 2.94. The van der Waals surface area contributed by atoms with Crippen LogP contribution in [-0.4, -0.2) is 28.4 Å². The van der Waals surface area contributed by atoms with Gasteiger partial charge in [0.15, 0.2) is 0 Å². The summed E-state index contributed by atoms with van der Waals surface area (Å²) >= 11 is 21.9. The molecule has 0 aliphatic carbocycles. The van der Waals surface area contributed by atoms with Gasteiger partial charge in [0.2, 0.25) is 0 Å². The highest BCUT2D eigenvalue weighted by Crippen LogP contribution is 2.25. The predicted octanol–water partition coefficient (Wildman–Crippen LogP) is 3.76. The lowest BCUT2D eigenvalue weighted by Crippen LogP contribution is -2.40. The van der Waals surface area contributed by atoms with Gasteiger partial charge in [-0.25, -0.2) is 4.79 Å². The standard InChI is InChI=1S/C12H12Cl4N2O3/c1-7(6-17-10(19)12(14,15)16)21-11(20)18-9-4-2-3-8(13)5-9/h2-5,7H,6H2,1H3,(H,17,19)(H,18,20)/t7-/m0/s1. The van der Waals surface area contributed by atoms with Crippen molar-refractivity contribution in [1.29, 1.82) is 0 Å². The summed E-state index contributed by atoms with van der Waals surface area (Å²) in [4.78, 5) is 22.9. The molecular formula is C12H12Cl4N2O3. The van der Waals surface area contributed by atoms with Gasteiger partial charge in [-0.2, -0.15) is 0 Å².